The number of fused-ring (bicyclic) bond motifs is 3. The van der Waals surface area contributed by atoms with Crippen molar-refractivity contribution in [2.75, 3.05) is 13.1 Å². The van der Waals surface area contributed by atoms with Crippen LogP contribution in [0.3, 0.4) is 0 Å². The smallest absolute Gasteiger partial charge is 0.287 e. The molecular weight excluding hydrogens is 376 g/mol. The first-order chi connectivity index (χ1) is 14.7. The van der Waals surface area contributed by atoms with Crippen molar-refractivity contribution >= 4 is 5.91 Å². The molecule has 0 spiro atoms. The van der Waals surface area contributed by atoms with Gasteiger partial charge in [-0.05, 0) is 75.2 Å². The molecule has 0 aliphatic carbocycles. The number of benzene rings is 2. The summed E-state index contributed by atoms with van der Waals surface area (Å²) in [5.41, 5.74) is 0.874. The zero-order valence-corrected chi connectivity index (χ0v) is 17.1. The third kappa shape index (κ3) is 3.73. The van der Waals surface area contributed by atoms with E-state index < -0.39 is 0 Å². The van der Waals surface area contributed by atoms with E-state index in [9.17, 15) is 4.79 Å². The molecule has 3 aliphatic rings. The number of rotatable bonds is 5. The number of nitrogens with zero attached hydrogens (tertiary/aromatic N) is 1. The Labute approximate surface area is 176 Å². The molecule has 0 radical (unpaired) electrons. The van der Waals surface area contributed by atoms with Gasteiger partial charge in [0.1, 0.15) is 17.3 Å². The lowest BCUT2D eigenvalue weighted by molar-refractivity contribution is 0.0211. The molecule has 2 aromatic carbocycles. The van der Waals surface area contributed by atoms with Crippen LogP contribution in [0.4, 0.5) is 0 Å². The molecule has 3 fully saturated rings. The number of hydrogen-bond donors (Lipinski definition) is 1. The molecule has 3 aromatic rings. The van der Waals surface area contributed by atoms with Gasteiger partial charge in [-0.15, -0.1) is 0 Å². The maximum Gasteiger partial charge on any atom is 0.287 e. The summed E-state index contributed by atoms with van der Waals surface area (Å²) in [5.74, 6) is 2.94. The molecule has 30 heavy (non-hydrogen) atoms. The average molecular weight is 402 g/mol. The Morgan fingerprint density at radius 3 is 2.53 bits per heavy atom. The van der Waals surface area contributed by atoms with Crippen molar-refractivity contribution in [1.29, 1.82) is 0 Å². The first-order valence-corrected chi connectivity index (χ1v) is 10.7. The molecule has 2 bridgehead atoms. The molecule has 6 rings (SSSR count). The Hall–Kier alpha value is -3.05. The number of amides is 1. The van der Waals surface area contributed by atoms with Gasteiger partial charge < -0.3 is 14.5 Å². The lowest BCUT2D eigenvalue weighted by Crippen LogP contribution is -2.62. The van der Waals surface area contributed by atoms with E-state index in [1.807, 2.05) is 60.7 Å². The Bertz CT molecular complexity index is 1020. The topological polar surface area (TPSA) is 54.7 Å². The van der Waals surface area contributed by atoms with Crippen LogP contribution in [-0.2, 0) is 0 Å². The van der Waals surface area contributed by atoms with Crippen LogP contribution < -0.4 is 10.1 Å². The fraction of sp³-hybridized carbons (Fsp3) is 0.320. The lowest BCUT2D eigenvalue weighted by atomic mass is 9.79. The Balaban J connectivity index is 1.29. The fourth-order valence-corrected chi connectivity index (χ4v) is 4.72. The highest BCUT2D eigenvalue weighted by molar-refractivity contribution is 5.92. The summed E-state index contributed by atoms with van der Waals surface area (Å²) in [6, 6.07) is 21.5. The second-order valence-corrected chi connectivity index (χ2v) is 8.22. The summed E-state index contributed by atoms with van der Waals surface area (Å²) >= 11 is 0. The number of hydrogen-bond acceptors (Lipinski definition) is 4. The molecule has 5 heteroatoms. The van der Waals surface area contributed by atoms with Crippen LogP contribution in [0, 0.1) is 5.92 Å². The minimum absolute atomic E-state index is 0.136. The summed E-state index contributed by atoms with van der Waals surface area (Å²) in [7, 11) is 0. The van der Waals surface area contributed by atoms with E-state index in [1.54, 1.807) is 6.07 Å². The predicted molar refractivity (Wildman–Crippen MR) is 116 cm³/mol. The second kappa shape index (κ2) is 8.00. The van der Waals surface area contributed by atoms with E-state index >= 15 is 0 Å². The monoisotopic (exact) mass is 402 g/mol. The summed E-state index contributed by atoms with van der Waals surface area (Å²) < 4.78 is 11.8. The van der Waals surface area contributed by atoms with Gasteiger partial charge in [0.2, 0.25) is 0 Å². The molecule has 154 valence electrons. The number of furan rings is 1. The standard InChI is InChI=1S/C25H26N2O3/c1-17-24(18-12-14-27(17)15-13-18)26-25(28)23-11-10-22(30-23)19-6-5-9-21(16-19)29-20-7-3-2-4-8-20/h2-11,16-18,24H,12-15H2,1H3,(H,26,28)/t17-,24-/m0/s1. The zero-order chi connectivity index (χ0) is 20.5. The number of para-hydroxylation sites is 1. The van der Waals surface area contributed by atoms with Crippen LogP contribution in [0.2, 0.25) is 0 Å². The van der Waals surface area contributed by atoms with Crippen molar-refractivity contribution in [2.24, 2.45) is 5.92 Å². The second-order valence-electron chi connectivity index (χ2n) is 8.22. The van der Waals surface area contributed by atoms with Gasteiger partial charge in [0.05, 0.1) is 0 Å². The first kappa shape index (κ1) is 18.9. The van der Waals surface area contributed by atoms with E-state index in [2.05, 4.69) is 17.1 Å². The fourth-order valence-electron chi connectivity index (χ4n) is 4.72. The molecule has 3 aliphatic heterocycles. The van der Waals surface area contributed by atoms with E-state index in [0.29, 0.717) is 23.5 Å². The number of carbonyl (C=O) groups is 1. The lowest BCUT2D eigenvalue weighted by Gasteiger charge is -2.49. The normalized spacial score (nSPS) is 25.1. The molecule has 2 atom stereocenters. The highest BCUT2D eigenvalue weighted by Crippen LogP contribution is 2.33. The highest BCUT2D eigenvalue weighted by Gasteiger charge is 2.40. The average Bonchev–Trinajstić information content (AvgIpc) is 3.28. The van der Waals surface area contributed by atoms with Gasteiger partial charge in [-0.3, -0.25) is 9.69 Å². The number of carbonyl (C=O) groups excluding carboxylic acids is 1. The van der Waals surface area contributed by atoms with Gasteiger partial charge in [0, 0.05) is 17.6 Å². The van der Waals surface area contributed by atoms with Crippen LogP contribution in [0.5, 0.6) is 11.5 Å². The van der Waals surface area contributed by atoms with Gasteiger partial charge in [0.25, 0.3) is 5.91 Å². The van der Waals surface area contributed by atoms with Crippen molar-refractivity contribution in [1.82, 2.24) is 10.2 Å². The molecule has 0 unspecified atom stereocenters. The molecule has 5 nitrogen and oxygen atoms in total. The summed E-state index contributed by atoms with van der Waals surface area (Å²) in [4.78, 5) is 15.3. The summed E-state index contributed by atoms with van der Waals surface area (Å²) in [6.45, 7) is 4.50. The van der Waals surface area contributed by atoms with Crippen LogP contribution >= 0.6 is 0 Å². The van der Waals surface area contributed by atoms with Crippen molar-refractivity contribution in [2.45, 2.75) is 31.8 Å². The highest BCUT2D eigenvalue weighted by atomic mass is 16.5. The SMILES string of the molecule is C[C@H]1[C@H](NC(=O)c2ccc(-c3cccc(Oc4ccccc4)c3)o2)C2CCN1CC2. The molecule has 0 saturated carbocycles. The summed E-state index contributed by atoms with van der Waals surface area (Å²) in [5, 5.41) is 3.23. The van der Waals surface area contributed by atoms with Crippen LogP contribution in [0.1, 0.15) is 30.3 Å². The van der Waals surface area contributed by atoms with E-state index in [0.717, 1.165) is 43.0 Å². The van der Waals surface area contributed by atoms with Crippen molar-refractivity contribution in [3.05, 3.63) is 72.5 Å². The third-order valence-corrected chi connectivity index (χ3v) is 6.40. The molecule has 1 amide bonds. The molecule has 3 saturated heterocycles. The molecule has 1 N–H and O–H groups in total. The van der Waals surface area contributed by atoms with Crippen molar-refractivity contribution in [3.8, 4) is 22.8 Å². The quantitative estimate of drug-likeness (QED) is 0.656. The third-order valence-electron chi connectivity index (χ3n) is 6.40. The Kier molecular flexibility index (Phi) is 5.05. The van der Waals surface area contributed by atoms with Gasteiger partial charge >= 0.3 is 0 Å². The van der Waals surface area contributed by atoms with Crippen LogP contribution in [0.15, 0.2) is 71.1 Å². The van der Waals surface area contributed by atoms with E-state index in [1.165, 1.54) is 0 Å². The van der Waals surface area contributed by atoms with Gasteiger partial charge in [-0.25, -0.2) is 0 Å². The maximum absolute atomic E-state index is 12.8. The van der Waals surface area contributed by atoms with E-state index in [4.69, 9.17) is 9.15 Å². The number of piperidine rings is 3. The predicted octanol–water partition coefficient (Wildman–Crippen LogP) is 4.95. The minimum atomic E-state index is -0.136. The molecular formula is C25H26N2O3. The van der Waals surface area contributed by atoms with Crippen LogP contribution in [-0.4, -0.2) is 36.0 Å². The van der Waals surface area contributed by atoms with Crippen LogP contribution in [0.25, 0.3) is 11.3 Å². The van der Waals surface area contributed by atoms with E-state index in [-0.39, 0.29) is 11.9 Å². The van der Waals surface area contributed by atoms with Gasteiger partial charge in [-0.1, -0.05) is 30.3 Å². The number of nitrogens with one attached hydrogen (secondary N) is 1. The van der Waals surface area contributed by atoms with Gasteiger partial charge in [0.15, 0.2) is 5.76 Å². The largest absolute Gasteiger partial charge is 0.457 e. The number of ether oxygens (including phenoxy) is 1. The maximum atomic E-state index is 12.8. The molecule has 1 aromatic heterocycles. The Morgan fingerprint density at radius 1 is 1.00 bits per heavy atom. The Morgan fingerprint density at radius 2 is 1.77 bits per heavy atom. The first-order valence-electron chi connectivity index (χ1n) is 10.7. The van der Waals surface area contributed by atoms with Crippen molar-refractivity contribution < 1.29 is 13.9 Å². The van der Waals surface area contributed by atoms with Gasteiger partial charge in [-0.2, -0.15) is 0 Å². The van der Waals surface area contributed by atoms with Crippen molar-refractivity contribution in [3.63, 3.8) is 0 Å². The minimum Gasteiger partial charge on any atom is -0.457 e. The molecule has 4 heterocycles. The zero-order valence-electron chi connectivity index (χ0n) is 17.1. The summed E-state index contributed by atoms with van der Waals surface area (Å²) in [6.07, 6.45) is 2.32.